The van der Waals surface area contributed by atoms with E-state index in [0.29, 0.717) is 20.8 Å². The van der Waals surface area contributed by atoms with E-state index in [9.17, 15) is 9.50 Å². The average Bonchev–Trinajstić information content (AvgIpc) is 2.97. The second kappa shape index (κ2) is 13.1. The van der Waals surface area contributed by atoms with Gasteiger partial charge in [0.25, 0.3) is 0 Å². The van der Waals surface area contributed by atoms with Crippen molar-refractivity contribution in [1.82, 2.24) is 4.90 Å². The van der Waals surface area contributed by atoms with Crippen LogP contribution in [0.2, 0.25) is 0 Å². The molecule has 0 bridgehead atoms. The number of likely N-dealkylation sites (tertiary alicyclic amines) is 1. The van der Waals surface area contributed by atoms with Crippen LogP contribution in [0, 0.1) is 5.82 Å². The fraction of sp³-hybridized carbons (Fsp3) is 0.333. The maximum atomic E-state index is 14.5. The van der Waals surface area contributed by atoms with Crippen molar-refractivity contribution in [3.05, 3.63) is 130 Å². The number of hydrogen-bond donors (Lipinski definition) is 1. The Morgan fingerprint density at radius 3 is 2.08 bits per heavy atom. The quantitative estimate of drug-likeness (QED) is 0.200. The number of phenols is 1. The lowest BCUT2D eigenvalue weighted by Crippen LogP contribution is -2.31. The second-order valence-electron chi connectivity index (χ2n) is 11.4. The third kappa shape index (κ3) is 7.00. The molecule has 0 saturated carbocycles. The molecule has 208 valence electrons. The fourth-order valence-corrected chi connectivity index (χ4v) is 7.46. The number of nitrogens with zero attached hydrogens (tertiary/aromatic N) is 1. The van der Waals surface area contributed by atoms with Gasteiger partial charge in [-0.15, -0.1) is 0 Å². The molecule has 2 atom stereocenters. The third-order valence-electron chi connectivity index (χ3n) is 8.36. The Balaban J connectivity index is 1.53. The highest BCUT2D eigenvalue weighted by atomic mass is 31.1. The monoisotopic (exact) mass is 553 g/mol. The van der Waals surface area contributed by atoms with E-state index in [1.54, 1.807) is 12.1 Å². The molecule has 1 heterocycles. The first-order chi connectivity index (χ1) is 19.4. The van der Waals surface area contributed by atoms with Crippen LogP contribution in [-0.4, -0.2) is 23.1 Å². The number of hydrogen-bond acceptors (Lipinski definition) is 2. The summed E-state index contributed by atoms with van der Waals surface area (Å²) in [5, 5.41) is 12.7. The summed E-state index contributed by atoms with van der Waals surface area (Å²) in [5.74, 6) is 0.230. The van der Waals surface area contributed by atoms with Crippen molar-refractivity contribution in [3.8, 4) is 5.75 Å². The van der Waals surface area contributed by atoms with E-state index in [1.165, 1.54) is 41.3 Å². The van der Waals surface area contributed by atoms with Crippen molar-refractivity contribution in [3.63, 3.8) is 0 Å². The van der Waals surface area contributed by atoms with Gasteiger partial charge in [-0.1, -0.05) is 108 Å². The first kappa shape index (κ1) is 28.5. The van der Waals surface area contributed by atoms with Crippen LogP contribution >= 0.6 is 8.58 Å². The van der Waals surface area contributed by atoms with Crippen molar-refractivity contribution >= 4 is 13.9 Å². The molecule has 0 spiro atoms. The molecule has 40 heavy (non-hydrogen) atoms. The van der Waals surface area contributed by atoms with Gasteiger partial charge in [-0.2, -0.15) is 0 Å². The van der Waals surface area contributed by atoms with Crippen molar-refractivity contribution < 1.29 is 9.50 Å². The van der Waals surface area contributed by atoms with E-state index in [2.05, 4.69) is 79.4 Å². The molecule has 4 aromatic carbocycles. The Hall–Kier alpha value is -3.00. The Labute approximate surface area is 241 Å². The molecule has 1 N–H and O–H groups in total. The Bertz CT molecular complexity index is 1400. The van der Waals surface area contributed by atoms with E-state index in [0.717, 1.165) is 49.2 Å². The molecule has 0 aliphatic carbocycles. The van der Waals surface area contributed by atoms with E-state index in [4.69, 9.17) is 0 Å². The van der Waals surface area contributed by atoms with Crippen LogP contribution < -0.4 is 5.30 Å². The van der Waals surface area contributed by atoms with Gasteiger partial charge in [0, 0.05) is 23.7 Å². The van der Waals surface area contributed by atoms with Gasteiger partial charge in [0.2, 0.25) is 0 Å². The van der Waals surface area contributed by atoms with Crippen molar-refractivity contribution in [2.45, 2.75) is 64.1 Å². The lowest BCUT2D eigenvalue weighted by atomic mass is 9.89. The van der Waals surface area contributed by atoms with Crippen LogP contribution in [0.4, 0.5) is 4.39 Å². The zero-order chi connectivity index (χ0) is 28.0. The summed E-state index contributed by atoms with van der Waals surface area (Å²) in [6.07, 6.45) is 6.08. The molecule has 5 rings (SSSR count). The molecule has 1 aliphatic rings. The largest absolute Gasteiger partial charge is 0.507 e. The minimum absolute atomic E-state index is 0.170. The minimum atomic E-state index is -0.281. The van der Waals surface area contributed by atoms with Gasteiger partial charge < -0.3 is 5.11 Å². The van der Waals surface area contributed by atoms with Gasteiger partial charge in [0.05, 0.1) is 0 Å². The van der Waals surface area contributed by atoms with Crippen LogP contribution in [0.3, 0.4) is 0 Å². The van der Waals surface area contributed by atoms with Crippen molar-refractivity contribution in [2.75, 3.05) is 13.1 Å². The zero-order valence-electron chi connectivity index (χ0n) is 23.8. The first-order valence-electron chi connectivity index (χ1n) is 14.7. The summed E-state index contributed by atoms with van der Waals surface area (Å²) in [6.45, 7) is 7.43. The summed E-state index contributed by atoms with van der Waals surface area (Å²) in [5.41, 5.74) is 6.70. The van der Waals surface area contributed by atoms with E-state index < -0.39 is 0 Å². The maximum absolute atomic E-state index is 14.5. The molecule has 1 aliphatic heterocycles. The number of halogens is 1. The summed E-state index contributed by atoms with van der Waals surface area (Å²) in [4.78, 5) is 2.46. The molecule has 2 unspecified atom stereocenters. The number of rotatable bonds is 10. The Morgan fingerprint density at radius 2 is 1.43 bits per heavy atom. The second-order valence-corrected chi connectivity index (χ2v) is 13.3. The van der Waals surface area contributed by atoms with Crippen LogP contribution in [-0.2, 0) is 24.5 Å². The van der Waals surface area contributed by atoms with Gasteiger partial charge in [0.15, 0.2) is 0 Å². The molecular weight excluding hydrogens is 512 g/mol. The number of aromatic hydroxyl groups is 1. The molecular formula is C36H41FNOP. The highest BCUT2D eigenvalue weighted by Crippen LogP contribution is 2.49. The summed E-state index contributed by atoms with van der Waals surface area (Å²) in [6, 6.07) is 30.6. The fourth-order valence-electron chi connectivity index (χ4n) is 5.88. The third-order valence-corrected chi connectivity index (χ3v) is 10.3. The van der Waals surface area contributed by atoms with Gasteiger partial charge in [-0.3, -0.25) is 4.90 Å². The SMILES string of the molecule is CCC(C)(Pc1ccc(F)cc1CN1CCCCC1)c1cc(Cc2ccccc2)cc(Cc2ccccc2)c1O. The van der Waals surface area contributed by atoms with E-state index in [-0.39, 0.29) is 11.0 Å². The topological polar surface area (TPSA) is 23.5 Å². The number of phenolic OH excluding ortho intramolecular Hbond substituents is 1. The van der Waals surface area contributed by atoms with Crippen molar-refractivity contribution in [1.29, 1.82) is 0 Å². The normalized spacial score (nSPS) is 15.9. The van der Waals surface area contributed by atoms with Crippen LogP contribution in [0.25, 0.3) is 0 Å². The standard InChI is InChI=1S/C36H41FNOP/c1-3-36(2,40-34-18-17-32(37)25-31(34)26-38-19-11-6-12-20-38)33-24-29(21-27-13-7-4-8-14-27)23-30(35(33)39)22-28-15-9-5-10-16-28/h4-5,7-10,13-18,23-25,39-40H,3,6,11-12,19-22,26H2,1-2H3. The summed E-state index contributed by atoms with van der Waals surface area (Å²) >= 11 is 0. The summed E-state index contributed by atoms with van der Waals surface area (Å²) < 4.78 is 14.5. The predicted molar refractivity (Wildman–Crippen MR) is 168 cm³/mol. The molecule has 4 heteroatoms. The lowest BCUT2D eigenvalue weighted by molar-refractivity contribution is 0.221. The van der Waals surface area contributed by atoms with Crippen LogP contribution in [0.1, 0.15) is 72.9 Å². The highest BCUT2D eigenvalue weighted by Gasteiger charge is 2.31. The van der Waals surface area contributed by atoms with E-state index >= 15 is 0 Å². The van der Waals surface area contributed by atoms with Gasteiger partial charge in [-0.25, -0.2) is 4.39 Å². The van der Waals surface area contributed by atoms with Crippen LogP contribution in [0.5, 0.6) is 5.75 Å². The molecule has 2 nitrogen and oxygen atoms in total. The van der Waals surface area contributed by atoms with Gasteiger partial charge in [-0.05, 0) is 84.0 Å². The summed E-state index contributed by atoms with van der Waals surface area (Å²) in [7, 11) is 0.414. The maximum Gasteiger partial charge on any atom is 0.123 e. The van der Waals surface area contributed by atoms with Crippen LogP contribution in [0.15, 0.2) is 91.0 Å². The molecule has 4 aromatic rings. The first-order valence-corrected chi connectivity index (χ1v) is 15.7. The highest BCUT2D eigenvalue weighted by molar-refractivity contribution is 7.48. The van der Waals surface area contributed by atoms with Crippen molar-refractivity contribution in [2.24, 2.45) is 0 Å². The molecule has 1 fully saturated rings. The lowest BCUT2D eigenvalue weighted by Gasteiger charge is -2.33. The number of benzene rings is 4. The Kier molecular flexibility index (Phi) is 9.35. The molecule has 0 aromatic heterocycles. The minimum Gasteiger partial charge on any atom is -0.507 e. The van der Waals surface area contributed by atoms with Gasteiger partial charge in [0.1, 0.15) is 11.6 Å². The molecule has 1 saturated heterocycles. The smallest absolute Gasteiger partial charge is 0.123 e. The predicted octanol–water partition coefficient (Wildman–Crippen LogP) is 8.33. The Morgan fingerprint density at radius 1 is 0.775 bits per heavy atom. The average molecular weight is 554 g/mol. The van der Waals surface area contributed by atoms with E-state index in [1.807, 2.05) is 18.2 Å². The number of piperidine rings is 1. The molecule has 0 amide bonds. The zero-order valence-corrected chi connectivity index (χ0v) is 24.8. The molecule has 0 radical (unpaired) electrons. The van der Waals surface area contributed by atoms with Gasteiger partial charge >= 0.3 is 0 Å².